The van der Waals surface area contributed by atoms with Crippen molar-refractivity contribution in [1.29, 1.82) is 0 Å². The highest BCUT2D eigenvalue weighted by Gasteiger charge is 2.25. The topological polar surface area (TPSA) is 83.8 Å². The van der Waals surface area contributed by atoms with Crippen LogP contribution in [0.3, 0.4) is 0 Å². The first-order valence-corrected chi connectivity index (χ1v) is 6.90. The second kappa shape index (κ2) is 7.25. The van der Waals surface area contributed by atoms with E-state index in [0.717, 1.165) is 0 Å². The van der Waals surface area contributed by atoms with Crippen LogP contribution < -0.4 is 4.74 Å². The monoisotopic (exact) mass is 330 g/mol. The molecule has 0 saturated carbocycles. The maximum atomic E-state index is 12.1. The van der Waals surface area contributed by atoms with Crippen LogP contribution in [0, 0.1) is 0 Å². The first-order valence-electron chi connectivity index (χ1n) is 5.78. The van der Waals surface area contributed by atoms with E-state index in [4.69, 9.17) is 9.84 Å². The standard InChI is InChI=1S/C13H15BrO5/c1-2-19-10-5-3-4-8(12(16)13(17)18)11(10)9(15)6-7-14/h3-5,12,16H,2,6-7H2,1H3,(H,17,18). The fraction of sp³-hybridized carbons (Fsp3) is 0.385. The van der Waals surface area contributed by atoms with Crippen LogP contribution in [0.2, 0.25) is 0 Å². The number of hydrogen-bond acceptors (Lipinski definition) is 4. The number of rotatable bonds is 7. The number of aliphatic hydroxyl groups excluding tert-OH is 1. The molecule has 0 aliphatic carbocycles. The number of alkyl halides is 1. The Labute approximate surface area is 119 Å². The fourth-order valence-corrected chi connectivity index (χ4v) is 2.05. The summed E-state index contributed by atoms with van der Waals surface area (Å²) in [5, 5.41) is 19.0. The molecule has 0 spiro atoms. The van der Waals surface area contributed by atoms with Crippen LogP contribution in [0.25, 0.3) is 0 Å². The summed E-state index contributed by atoms with van der Waals surface area (Å²) in [5.41, 5.74) is 0.197. The van der Waals surface area contributed by atoms with Gasteiger partial charge in [0.25, 0.3) is 0 Å². The van der Waals surface area contributed by atoms with E-state index in [1.165, 1.54) is 6.07 Å². The number of aliphatic carboxylic acids is 1. The van der Waals surface area contributed by atoms with Crippen molar-refractivity contribution in [3.63, 3.8) is 0 Å². The van der Waals surface area contributed by atoms with E-state index in [2.05, 4.69) is 15.9 Å². The molecule has 0 saturated heterocycles. The number of ether oxygens (including phenoxy) is 1. The average molecular weight is 331 g/mol. The molecule has 1 atom stereocenters. The smallest absolute Gasteiger partial charge is 0.337 e. The maximum absolute atomic E-state index is 12.1. The molecule has 19 heavy (non-hydrogen) atoms. The summed E-state index contributed by atoms with van der Waals surface area (Å²) in [4.78, 5) is 23.0. The van der Waals surface area contributed by atoms with Crippen LogP contribution in [0.5, 0.6) is 5.75 Å². The summed E-state index contributed by atoms with van der Waals surface area (Å²) in [6.07, 6.45) is -1.54. The second-order valence-corrected chi connectivity index (χ2v) is 4.55. The number of hydrogen-bond donors (Lipinski definition) is 2. The minimum Gasteiger partial charge on any atom is -0.493 e. The van der Waals surface area contributed by atoms with E-state index >= 15 is 0 Å². The Bertz CT molecular complexity index is 472. The molecular weight excluding hydrogens is 316 g/mol. The fourth-order valence-electron chi connectivity index (χ4n) is 1.69. The SMILES string of the molecule is CCOc1cccc(C(O)C(=O)O)c1C(=O)CCBr. The zero-order chi connectivity index (χ0) is 14.4. The summed E-state index contributed by atoms with van der Waals surface area (Å²) in [7, 11) is 0. The van der Waals surface area contributed by atoms with Gasteiger partial charge in [0.2, 0.25) is 0 Å². The van der Waals surface area contributed by atoms with E-state index in [9.17, 15) is 14.7 Å². The van der Waals surface area contributed by atoms with Crippen molar-refractivity contribution in [1.82, 2.24) is 0 Å². The number of halogens is 1. The number of carbonyl (C=O) groups excluding carboxylic acids is 1. The third-order valence-corrected chi connectivity index (χ3v) is 2.88. The number of Topliss-reactive ketones (excluding diaryl/α,β-unsaturated/α-hetero) is 1. The molecule has 104 valence electrons. The van der Waals surface area contributed by atoms with E-state index in [1.807, 2.05) is 0 Å². The van der Waals surface area contributed by atoms with Gasteiger partial charge in [0.1, 0.15) is 5.75 Å². The third-order valence-electron chi connectivity index (χ3n) is 2.49. The number of aliphatic hydroxyl groups is 1. The lowest BCUT2D eigenvalue weighted by atomic mass is 9.97. The van der Waals surface area contributed by atoms with Crippen molar-refractivity contribution in [3.05, 3.63) is 29.3 Å². The van der Waals surface area contributed by atoms with Crippen molar-refractivity contribution in [3.8, 4) is 5.75 Å². The van der Waals surface area contributed by atoms with Gasteiger partial charge in [-0.3, -0.25) is 4.79 Å². The lowest BCUT2D eigenvalue weighted by Gasteiger charge is -2.15. The predicted octanol–water partition coefficient (Wildman–Crippen LogP) is 2.17. The van der Waals surface area contributed by atoms with Crippen molar-refractivity contribution in [2.45, 2.75) is 19.4 Å². The molecule has 6 heteroatoms. The molecule has 0 radical (unpaired) electrons. The van der Waals surface area contributed by atoms with Crippen molar-refractivity contribution in [2.75, 3.05) is 11.9 Å². The van der Waals surface area contributed by atoms with E-state index in [-0.39, 0.29) is 23.3 Å². The van der Waals surface area contributed by atoms with Gasteiger partial charge in [0.15, 0.2) is 11.9 Å². The zero-order valence-corrected chi connectivity index (χ0v) is 12.0. The van der Waals surface area contributed by atoms with Crippen LogP contribution in [0.15, 0.2) is 18.2 Å². The molecule has 0 amide bonds. The van der Waals surface area contributed by atoms with Crippen LogP contribution >= 0.6 is 15.9 Å². The van der Waals surface area contributed by atoms with Crippen LogP contribution in [0.1, 0.15) is 35.4 Å². The number of benzene rings is 1. The second-order valence-electron chi connectivity index (χ2n) is 3.76. The van der Waals surface area contributed by atoms with Crippen molar-refractivity contribution < 1.29 is 24.5 Å². The Balaban J connectivity index is 3.32. The van der Waals surface area contributed by atoms with Gasteiger partial charge >= 0.3 is 5.97 Å². The molecule has 1 unspecified atom stereocenters. The van der Waals surface area contributed by atoms with E-state index in [0.29, 0.717) is 17.7 Å². The quantitative estimate of drug-likeness (QED) is 0.591. The van der Waals surface area contributed by atoms with Crippen LogP contribution in [-0.2, 0) is 4.79 Å². The van der Waals surface area contributed by atoms with Crippen molar-refractivity contribution >= 4 is 27.7 Å². The van der Waals surface area contributed by atoms with Crippen LogP contribution in [0.4, 0.5) is 0 Å². The first-order chi connectivity index (χ1) is 9.02. The molecule has 5 nitrogen and oxygen atoms in total. The first kappa shape index (κ1) is 15.7. The highest BCUT2D eigenvalue weighted by molar-refractivity contribution is 9.09. The molecule has 0 fully saturated rings. The molecular formula is C13H15BrO5. The van der Waals surface area contributed by atoms with Gasteiger partial charge in [-0.1, -0.05) is 28.1 Å². The lowest BCUT2D eigenvalue weighted by Crippen LogP contribution is -2.16. The van der Waals surface area contributed by atoms with E-state index in [1.54, 1.807) is 19.1 Å². The molecule has 0 aromatic heterocycles. The molecule has 0 aliphatic rings. The normalized spacial score (nSPS) is 11.9. The minimum absolute atomic E-state index is 0.0596. The molecule has 2 N–H and O–H groups in total. The Kier molecular flexibility index (Phi) is 5.98. The van der Waals surface area contributed by atoms with Gasteiger partial charge in [-0.25, -0.2) is 4.79 Å². The zero-order valence-electron chi connectivity index (χ0n) is 10.4. The highest BCUT2D eigenvalue weighted by atomic mass is 79.9. The summed E-state index contributed by atoms with van der Waals surface area (Å²) in [6.45, 7) is 2.11. The largest absolute Gasteiger partial charge is 0.493 e. The minimum atomic E-state index is -1.74. The number of ketones is 1. The summed E-state index contributed by atoms with van der Waals surface area (Å²) in [5.74, 6) is -1.37. The van der Waals surface area contributed by atoms with Crippen LogP contribution in [-0.4, -0.2) is 33.9 Å². The van der Waals surface area contributed by atoms with Gasteiger partial charge in [-0.2, -0.15) is 0 Å². The average Bonchev–Trinajstić information content (AvgIpc) is 2.38. The summed E-state index contributed by atoms with van der Waals surface area (Å²) in [6, 6.07) is 4.56. The molecule has 1 aromatic rings. The molecule has 1 aromatic carbocycles. The number of carboxylic acid groups (broad SMARTS) is 1. The van der Waals surface area contributed by atoms with E-state index < -0.39 is 12.1 Å². The number of carbonyl (C=O) groups is 2. The third kappa shape index (κ3) is 3.78. The van der Waals surface area contributed by atoms with Gasteiger partial charge in [0.05, 0.1) is 12.2 Å². The van der Waals surface area contributed by atoms with Crippen molar-refractivity contribution in [2.24, 2.45) is 0 Å². The predicted molar refractivity (Wildman–Crippen MR) is 72.9 cm³/mol. The Hall–Kier alpha value is -1.40. The van der Waals surface area contributed by atoms with Gasteiger partial charge in [-0.15, -0.1) is 0 Å². The molecule has 0 bridgehead atoms. The number of carboxylic acids is 1. The Morgan fingerprint density at radius 3 is 2.63 bits per heavy atom. The van der Waals surface area contributed by atoms with Gasteiger partial charge < -0.3 is 14.9 Å². The highest BCUT2D eigenvalue weighted by Crippen LogP contribution is 2.29. The van der Waals surface area contributed by atoms with Gasteiger partial charge in [0, 0.05) is 17.3 Å². The molecule has 0 heterocycles. The molecule has 1 rings (SSSR count). The maximum Gasteiger partial charge on any atom is 0.337 e. The molecule has 0 aliphatic heterocycles. The van der Waals surface area contributed by atoms with Gasteiger partial charge in [-0.05, 0) is 13.0 Å². The summed E-state index contributed by atoms with van der Waals surface area (Å²) < 4.78 is 5.33. The summed E-state index contributed by atoms with van der Waals surface area (Å²) >= 11 is 3.16. The Morgan fingerprint density at radius 2 is 2.11 bits per heavy atom. The Morgan fingerprint density at radius 1 is 1.42 bits per heavy atom. The lowest BCUT2D eigenvalue weighted by molar-refractivity contribution is -0.146.